The summed E-state index contributed by atoms with van der Waals surface area (Å²) in [5, 5.41) is 17.1. The predicted octanol–water partition coefficient (Wildman–Crippen LogP) is 3.59. The van der Waals surface area contributed by atoms with E-state index in [0.717, 1.165) is 4.90 Å². The SMILES string of the molecule is COCCCC(=O)CCOCC(COCCC(=O)NCCOC)(COCCC(=O)NCCOC)CC(=O)[C@H](CCC(=O)N[C@H](C(=O)N[C@@H](CCCCC(N)=O)C(=O)Nc1ccc(COC(=O)N(C)CCN(C)C(=O)Oc2ccc3ccc(=O)oc3c2)cc1)C(C)C)NC(=O)CCOCCCC(=O)CCN1C(=O)CC(C)C1=O. The highest BCUT2D eigenvalue weighted by atomic mass is 16.6. The van der Waals surface area contributed by atoms with E-state index >= 15 is 4.79 Å². The Hall–Kier alpha value is -9.65. The smallest absolute Gasteiger partial charge is 0.415 e. The molecule has 1 aromatic heterocycles. The van der Waals surface area contributed by atoms with Crippen LogP contribution < -0.4 is 48.0 Å². The fraction of sp³-hybridized carbons (Fsp3) is 0.623. The monoisotopic (exact) mass is 1580 g/mol. The Balaban J connectivity index is 1.51. The number of imide groups is 1. The third kappa shape index (κ3) is 37.6. The van der Waals surface area contributed by atoms with Gasteiger partial charge in [-0.15, -0.1) is 0 Å². The number of nitrogens with one attached hydrogen (secondary N) is 6. The van der Waals surface area contributed by atoms with Crippen LogP contribution >= 0.6 is 0 Å². The van der Waals surface area contributed by atoms with Crippen LogP contribution in [0.4, 0.5) is 15.3 Å². The third-order valence-corrected chi connectivity index (χ3v) is 17.8. The average molecular weight is 1580 g/mol. The van der Waals surface area contributed by atoms with E-state index in [-0.39, 0.29) is 242 Å². The minimum Gasteiger partial charge on any atom is -0.445 e. The molecule has 8 N–H and O–H groups in total. The summed E-state index contributed by atoms with van der Waals surface area (Å²) in [7, 11) is 7.44. The maximum atomic E-state index is 15.1. The lowest BCUT2D eigenvalue weighted by molar-refractivity contribution is -0.140. The van der Waals surface area contributed by atoms with E-state index in [1.54, 1.807) is 63.2 Å². The first-order valence-corrected chi connectivity index (χ1v) is 37.7. The Kier molecular flexibility index (Phi) is 44.5. The zero-order chi connectivity index (χ0) is 82.4. The number of carbonyl (C=O) groups is 14. The molecule has 0 saturated carbocycles. The van der Waals surface area contributed by atoms with E-state index in [1.807, 2.05) is 0 Å². The molecule has 1 fully saturated rings. The summed E-state index contributed by atoms with van der Waals surface area (Å²) in [6.07, 6.45) is -1.58. The standard InChI is InChI=1S/C77H114N10O25/c1-52(2)71(73(99)83-61(15-9-10-16-64(78)91)72(98)81-56-21-17-54(18-22-56)48-110-75(101)85(4)35-36-86(5)76(102)111-59-23-19-55-20-26-70(97)112-63(55)46-59)84-67(94)25-24-60(82-68(95)31-40-106-38-12-14-57(88)27-34-87-69(96)45-53(3)74(87)100)62(90)47-77(49-107-39-28-58(89)13-11-37-103-6,50-108-41-29-65(92)79-32-43-104-7)51-109-42-30-66(93)80-33-44-105-8/h17-23,26,46,52-53,60-61,71H,9-16,24-25,27-45,47-51H2,1-8H3,(H2,78,91)(H,79,92)(H,80,93)(H,81,98)(H,82,95)(H,83,99)(H,84,94)/t53?,60-,61-,71-/m0/s1. The summed E-state index contributed by atoms with van der Waals surface area (Å²) in [6.45, 7) is 4.88. The number of amides is 11. The van der Waals surface area contributed by atoms with Crippen molar-refractivity contribution in [1.82, 2.24) is 41.3 Å². The molecule has 35 nitrogen and oxygen atoms in total. The molecule has 11 amide bonds. The molecule has 0 radical (unpaired) electrons. The van der Waals surface area contributed by atoms with Gasteiger partial charge in [-0.1, -0.05) is 39.3 Å². The summed E-state index contributed by atoms with van der Waals surface area (Å²) in [5.74, 6) is -6.64. The molecule has 622 valence electrons. The van der Waals surface area contributed by atoms with Gasteiger partial charge in [-0.2, -0.15) is 0 Å². The molecule has 0 bridgehead atoms. The van der Waals surface area contributed by atoms with Crippen LogP contribution in [0.1, 0.15) is 135 Å². The van der Waals surface area contributed by atoms with Gasteiger partial charge in [-0.3, -0.25) is 62.4 Å². The number of hydrogen-bond donors (Lipinski definition) is 7. The van der Waals surface area contributed by atoms with Crippen molar-refractivity contribution in [2.24, 2.45) is 23.0 Å². The molecule has 112 heavy (non-hydrogen) atoms. The first-order chi connectivity index (χ1) is 53.5. The number of methoxy groups -OCH3 is 3. The number of carbonyl (C=O) groups excluding carboxylic acids is 14. The van der Waals surface area contributed by atoms with Gasteiger partial charge in [0.2, 0.25) is 53.2 Å². The van der Waals surface area contributed by atoms with Gasteiger partial charge in [-0.25, -0.2) is 14.4 Å². The molecule has 2 heterocycles. The summed E-state index contributed by atoms with van der Waals surface area (Å²) < 4.78 is 55.4. The lowest BCUT2D eigenvalue weighted by atomic mass is 9.82. The number of Topliss-reactive ketones (excluding diaryl/α,β-unsaturated/α-hetero) is 3. The highest BCUT2D eigenvalue weighted by Gasteiger charge is 2.39. The average Bonchev–Trinajstić information content (AvgIpc) is 1.21. The molecule has 4 atom stereocenters. The second kappa shape index (κ2) is 52.6. The number of likely N-dealkylation sites (tertiary alicyclic amines) is 1. The number of benzene rings is 2. The van der Waals surface area contributed by atoms with E-state index in [4.69, 9.17) is 52.8 Å². The lowest BCUT2D eigenvalue weighted by Crippen LogP contribution is -2.54. The molecular weight excluding hydrogens is 1460 g/mol. The number of primary amides is 1. The highest BCUT2D eigenvalue weighted by molar-refractivity contribution is 6.03. The second-order valence-electron chi connectivity index (χ2n) is 27.7. The zero-order valence-electron chi connectivity index (χ0n) is 65.7. The largest absolute Gasteiger partial charge is 0.445 e. The fourth-order valence-electron chi connectivity index (χ4n) is 11.3. The third-order valence-electron chi connectivity index (χ3n) is 17.8. The number of nitrogens with zero attached hydrogens (tertiary/aromatic N) is 3. The maximum absolute atomic E-state index is 15.1. The van der Waals surface area contributed by atoms with Crippen molar-refractivity contribution in [1.29, 1.82) is 0 Å². The molecular formula is C77H114N10O25. The van der Waals surface area contributed by atoms with Crippen LogP contribution in [0.25, 0.3) is 11.0 Å². The Morgan fingerprint density at radius 3 is 1.75 bits per heavy atom. The van der Waals surface area contributed by atoms with Gasteiger partial charge in [0.1, 0.15) is 41.6 Å². The number of nitrogens with two attached hydrogens (primary N) is 1. The Bertz CT molecular complexity index is 3540. The molecule has 1 unspecified atom stereocenters. The zero-order valence-corrected chi connectivity index (χ0v) is 65.7. The predicted molar refractivity (Wildman–Crippen MR) is 406 cm³/mol. The van der Waals surface area contributed by atoms with Crippen LogP contribution in [0, 0.1) is 17.3 Å². The number of rotatable bonds is 59. The van der Waals surface area contributed by atoms with Gasteiger partial charge >= 0.3 is 17.8 Å². The summed E-state index contributed by atoms with van der Waals surface area (Å²) in [4.78, 5) is 200. The minimum atomic E-state index is -1.44. The lowest BCUT2D eigenvalue weighted by Gasteiger charge is -2.34. The van der Waals surface area contributed by atoms with Crippen molar-refractivity contribution in [3.05, 3.63) is 70.6 Å². The number of likely N-dealkylation sites (N-methyl/N-ethyl adjacent to an activating group) is 2. The molecule has 3 aromatic rings. The van der Waals surface area contributed by atoms with Gasteiger partial charge in [0.15, 0.2) is 5.78 Å². The number of unbranched alkanes of at least 4 members (excludes halogenated alkanes) is 1. The van der Waals surface area contributed by atoms with Crippen molar-refractivity contribution in [2.75, 3.05) is 146 Å². The number of hydrogen-bond acceptors (Lipinski definition) is 25. The van der Waals surface area contributed by atoms with Crippen molar-refractivity contribution in [3.63, 3.8) is 0 Å². The molecule has 0 spiro atoms. The number of ether oxygens (including phenoxy) is 9. The van der Waals surface area contributed by atoms with Gasteiger partial charge in [0.25, 0.3) is 0 Å². The molecule has 1 saturated heterocycles. The number of fused-ring (bicyclic) bond motifs is 1. The number of anilines is 1. The quantitative estimate of drug-likeness (QED) is 0.0241. The Morgan fingerprint density at radius 1 is 0.580 bits per heavy atom. The van der Waals surface area contributed by atoms with Crippen LogP contribution in [0.3, 0.4) is 0 Å². The molecule has 1 aliphatic heterocycles. The number of ketones is 3. The summed E-state index contributed by atoms with van der Waals surface area (Å²) in [6, 6.07) is 9.80. The summed E-state index contributed by atoms with van der Waals surface area (Å²) in [5.41, 5.74) is 4.48. The molecule has 4 rings (SSSR count). The molecule has 0 aliphatic carbocycles. The van der Waals surface area contributed by atoms with Gasteiger partial charge < -0.3 is 94.5 Å². The van der Waals surface area contributed by atoms with Crippen molar-refractivity contribution in [3.8, 4) is 5.75 Å². The van der Waals surface area contributed by atoms with E-state index in [0.29, 0.717) is 29.7 Å². The van der Waals surface area contributed by atoms with E-state index in [1.165, 1.54) is 57.4 Å². The Morgan fingerprint density at radius 2 is 1.15 bits per heavy atom. The van der Waals surface area contributed by atoms with Crippen LogP contribution in [0.5, 0.6) is 5.75 Å². The van der Waals surface area contributed by atoms with Crippen LogP contribution in [-0.2, 0) is 102 Å². The van der Waals surface area contributed by atoms with E-state index in [2.05, 4.69) is 31.9 Å². The molecule has 1 aliphatic rings. The minimum absolute atomic E-state index is 0.00103. The van der Waals surface area contributed by atoms with Crippen molar-refractivity contribution < 1.29 is 114 Å². The first kappa shape index (κ1) is 94.7. The molecule has 2 aromatic carbocycles. The van der Waals surface area contributed by atoms with Gasteiger partial charge in [0, 0.05) is 187 Å². The highest BCUT2D eigenvalue weighted by Crippen LogP contribution is 2.28. The van der Waals surface area contributed by atoms with E-state index < -0.39 is 101 Å². The topological polar surface area (TPSA) is 460 Å². The van der Waals surface area contributed by atoms with Gasteiger partial charge in [-0.05, 0) is 73.9 Å². The van der Waals surface area contributed by atoms with Crippen LogP contribution in [-0.4, -0.2) is 256 Å². The first-order valence-electron chi connectivity index (χ1n) is 37.7. The van der Waals surface area contributed by atoms with Gasteiger partial charge in [0.05, 0.1) is 65.5 Å². The maximum Gasteiger partial charge on any atom is 0.415 e. The van der Waals surface area contributed by atoms with Crippen LogP contribution in [0.15, 0.2) is 63.8 Å². The molecule has 35 heteroatoms. The Labute approximate surface area is 652 Å². The fourth-order valence-corrected chi connectivity index (χ4v) is 11.3. The van der Waals surface area contributed by atoms with Crippen LogP contribution in [0.2, 0.25) is 0 Å². The van der Waals surface area contributed by atoms with Crippen molar-refractivity contribution >= 4 is 99.4 Å². The second-order valence-corrected chi connectivity index (χ2v) is 27.7. The van der Waals surface area contributed by atoms with Crippen molar-refractivity contribution in [2.45, 2.75) is 155 Å². The normalized spacial score (nSPS) is 13.5. The van der Waals surface area contributed by atoms with E-state index in [9.17, 15) is 67.1 Å². The summed E-state index contributed by atoms with van der Waals surface area (Å²) >= 11 is 0.